The number of aromatic nitrogens is 1. The molecule has 0 radical (unpaired) electrons. The number of hydrogen-bond donors (Lipinski definition) is 0. The Labute approximate surface area is 149 Å². The second kappa shape index (κ2) is 6.72. The maximum Gasteiger partial charge on any atom is 0.231 e. The molecule has 2 heterocycles. The molecule has 0 unspecified atom stereocenters. The number of aryl methyl sites for hydroxylation is 1. The molecule has 0 saturated heterocycles. The van der Waals surface area contributed by atoms with E-state index < -0.39 is 0 Å². The molecule has 25 heavy (non-hydrogen) atoms. The zero-order valence-corrected chi connectivity index (χ0v) is 14.6. The van der Waals surface area contributed by atoms with Crippen molar-refractivity contribution >= 4 is 27.3 Å². The highest BCUT2D eigenvalue weighted by Crippen LogP contribution is 2.38. The van der Waals surface area contributed by atoms with Gasteiger partial charge in [-0.2, -0.15) is 0 Å². The van der Waals surface area contributed by atoms with Gasteiger partial charge in [0.25, 0.3) is 0 Å². The summed E-state index contributed by atoms with van der Waals surface area (Å²) in [5.41, 5.74) is 1.56. The van der Waals surface area contributed by atoms with Crippen LogP contribution in [0.4, 0.5) is 0 Å². The molecule has 3 aromatic rings. The van der Waals surface area contributed by atoms with Gasteiger partial charge in [0.15, 0.2) is 17.3 Å². The van der Waals surface area contributed by atoms with Crippen LogP contribution in [0.25, 0.3) is 10.2 Å². The summed E-state index contributed by atoms with van der Waals surface area (Å²) in [5, 5.41) is 1.02. The molecule has 128 valence electrons. The molecule has 0 bridgehead atoms. The number of carbonyl (C=O) groups is 1. The molecule has 0 spiro atoms. The fraction of sp³-hybridized carbons (Fsp3) is 0.263. The minimum Gasteiger partial charge on any atom is -0.496 e. The Balaban J connectivity index is 1.41. The molecule has 0 aliphatic carbocycles. The highest BCUT2D eigenvalue weighted by molar-refractivity contribution is 7.18. The molecule has 2 aromatic carbocycles. The SMILES string of the molecule is COc1ccccc1C(=O)CCCc1nc2cc3c(cc2s1)OCO3. The monoisotopic (exact) mass is 355 g/mol. The summed E-state index contributed by atoms with van der Waals surface area (Å²) in [7, 11) is 1.58. The zero-order valence-electron chi connectivity index (χ0n) is 13.8. The number of ketones is 1. The standard InChI is InChI=1S/C19H17NO4S/c1-22-15-7-3-2-5-12(15)14(21)6-4-8-19-20-13-9-16-17(24-11-23-16)10-18(13)25-19/h2-3,5,7,9-10H,4,6,8,11H2,1H3. The quantitative estimate of drug-likeness (QED) is 0.619. The average Bonchev–Trinajstić information content (AvgIpc) is 3.24. The molecule has 1 aliphatic rings. The highest BCUT2D eigenvalue weighted by Gasteiger charge is 2.17. The van der Waals surface area contributed by atoms with Crippen molar-refractivity contribution in [3.63, 3.8) is 0 Å². The molecular weight excluding hydrogens is 338 g/mol. The summed E-state index contributed by atoms with van der Waals surface area (Å²) in [6, 6.07) is 11.2. The number of thiazole rings is 1. The number of para-hydroxylation sites is 1. The van der Waals surface area contributed by atoms with Gasteiger partial charge in [-0.05, 0) is 25.0 Å². The van der Waals surface area contributed by atoms with E-state index in [9.17, 15) is 4.79 Å². The molecule has 0 amide bonds. The maximum atomic E-state index is 12.4. The number of rotatable bonds is 6. The molecule has 0 saturated carbocycles. The van der Waals surface area contributed by atoms with Gasteiger partial charge in [0.05, 0.1) is 27.9 Å². The molecule has 5 nitrogen and oxygen atoms in total. The number of hydrogen-bond acceptors (Lipinski definition) is 6. The molecular formula is C19H17NO4S. The Morgan fingerprint density at radius 1 is 1.24 bits per heavy atom. The Bertz CT molecular complexity index is 893. The number of Topliss-reactive ketones (excluding diaryl/α,β-unsaturated/α-hetero) is 1. The molecule has 0 atom stereocenters. The summed E-state index contributed by atoms with van der Waals surface area (Å²) in [5.74, 6) is 2.24. The van der Waals surface area contributed by atoms with E-state index in [1.54, 1.807) is 24.5 Å². The first-order chi connectivity index (χ1) is 12.2. The fourth-order valence-electron chi connectivity index (χ4n) is 2.88. The van der Waals surface area contributed by atoms with Crippen molar-refractivity contribution in [2.75, 3.05) is 13.9 Å². The topological polar surface area (TPSA) is 57.7 Å². The second-order valence-electron chi connectivity index (χ2n) is 5.76. The summed E-state index contributed by atoms with van der Waals surface area (Å²) in [6.07, 6.45) is 2.00. The van der Waals surface area contributed by atoms with Crippen LogP contribution < -0.4 is 14.2 Å². The van der Waals surface area contributed by atoms with Crippen LogP contribution in [-0.2, 0) is 6.42 Å². The summed E-state index contributed by atoms with van der Waals surface area (Å²) in [4.78, 5) is 17.0. The predicted molar refractivity (Wildman–Crippen MR) is 96.0 cm³/mol. The third kappa shape index (κ3) is 3.17. The summed E-state index contributed by atoms with van der Waals surface area (Å²) >= 11 is 1.64. The Morgan fingerprint density at radius 3 is 2.88 bits per heavy atom. The van der Waals surface area contributed by atoms with E-state index in [-0.39, 0.29) is 12.6 Å². The van der Waals surface area contributed by atoms with Crippen molar-refractivity contribution in [3.8, 4) is 17.2 Å². The lowest BCUT2D eigenvalue weighted by atomic mass is 10.0. The number of nitrogens with zero attached hydrogens (tertiary/aromatic N) is 1. The number of methoxy groups -OCH3 is 1. The van der Waals surface area contributed by atoms with E-state index in [1.165, 1.54) is 0 Å². The number of carbonyl (C=O) groups excluding carboxylic acids is 1. The van der Waals surface area contributed by atoms with Gasteiger partial charge < -0.3 is 14.2 Å². The van der Waals surface area contributed by atoms with E-state index >= 15 is 0 Å². The molecule has 1 aliphatic heterocycles. The number of benzene rings is 2. The lowest BCUT2D eigenvalue weighted by Crippen LogP contribution is -2.02. The summed E-state index contributed by atoms with van der Waals surface area (Å²) < 4.78 is 17.1. The van der Waals surface area contributed by atoms with Crippen LogP contribution >= 0.6 is 11.3 Å². The van der Waals surface area contributed by atoms with E-state index in [2.05, 4.69) is 4.98 Å². The Kier molecular flexibility index (Phi) is 4.28. The van der Waals surface area contributed by atoms with Crippen LogP contribution in [0.15, 0.2) is 36.4 Å². The maximum absolute atomic E-state index is 12.4. The lowest BCUT2D eigenvalue weighted by Gasteiger charge is -2.06. The van der Waals surface area contributed by atoms with Crippen molar-refractivity contribution in [1.29, 1.82) is 0 Å². The molecule has 1 aromatic heterocycles. The Morgan fingerprint density at radius 2 is 2.04 bits per heavy atom. The van der Waals surface area contributed by atoms with E-state index in [0.717, 1.165) is 39.6 Å². The zero-order chi connectivity index (χ0) is 17.2. The van der Waals surface area contributed by atoms with Gasteiger partial charge in [-0.1, -0.05) is 12.1 Å². The molecule has 0 fully saturated rings. The molecule has 0 N–H and O–H groups in total. The predicted octanol–water partition coefficient (Wildman–Crippen LogP) is 4.24. The van der Waals surface area contributed by atoms with Crippen molar-refractivity contribution in [2.24, 2.45) is 0 Å². The molecule has 4 rings (SSSR count). The van der Waals surface area contributed by atoms with Gasteiger partial charge in [-0.25, -0.2) is 4.98 Å². The minimum atomic E-state index is 0.0966. The van der Waals surface area contributed by atoms with Crippen LogP contribution in [-0.4, -0.2) is 24.7 Å². The first-order valence-corrected chi connectivity index (χ1v) is 8.91. The van der Waals surface area contributed by atoms with Crippen LogP contribution in [0.1, 0.15) is 28.2 Å². The molecule has 6 heteroatoms. The highest BCUT2D eigenvalue weighted by atomic mass is 32.1. The van der Waals surface area contributed by atoms with Gasteiger partial charge in [-0.15, -0.1) is 11.3 Å². The van der Waals surface area contributed by atoms with Gasteiger partial charge in [0.2, 0.25) is 6.79 Å². The van der Waals surface area contributed by atoms with Crippen LogP contribution in [0.3, 0.4) is 0 Å². The van der Waals surface area contributed by atoms with Gasteiger partial charge in [-0.3, -0.25) is 4.79 Å². The van der Waals surface area contributed by atoms with Crippen LogP contribution in [0, 0.1) is 0 Å². The van der Waals surface area contributed by atoms with Gasteiger partial charge in [0, 0.05) is 18.6 Å². The number of ether oxygens (including phenoxy) is 3. The van der Waals surface area contributed by atoms with Crippen LogP contribution in [0.2, 0.25) is 0 Å². The van der Waals surface area contributed by atoms with E-state index in [0.29, 0.717) is 17.7 Å². The number of fused-ring (bicyclic) bond motifs is 2. The second-order valence-corrected chi connectivity index (χ2v) is 6.87. The fourth-order valence-corrected chi connectivity index (χ4v) is 3.90. The smallest absolute Gasteiger partial charge is 0.231 e. The third-order valence-corrected chi connectivity index (χ3v) is 5.21. The third-order valence-electron chi connectivity index (χ3n) is 4.13. The first kappa shape index (κ1) is 15.9. The van der Waals surface area contributed by atoms with Crippen molar-refractivity contribution in [2.45, 2.75) is 19.3 Å². The largest absolute Gasteiger partial charge is 0.496 e. The average molecular weight is 355 g/mol. The van der Waals surface area contributed by atoms with E-state index in [1.807, 2.05) is 30.3 Å². The lowest BCUT2D eigenvalue weighted by molar-refractivity contribution is 0.0977. The first-order valence-electron chi connectivity index (χ1n) is 8.10. The van der Waals surface area contributed by atoms with Gasteiger partial charge >= 0.3 is 0 Å². The normalized spacial score (nSPS) is 12.5. The van der Waals surface area contributed by atoms with Crippen molar-refractivity contribution < 1.29 is 19.0 Å². The van der Waals surface area contributed by atoms with Crippen molar-refractivity contribution in [3.05, 3.63) is 47.0 Å². The minimum absolute atomic E-state index is 0.0966. The van der Waals surface area contributed by atoms with Crippen molar-refractivity contribution in [1.82, 2.24) is 4.98 Å². The van der Waals surface area contributed by atoms with E-state index in [4.69, 9.17) is 14.2 Å². The van der Waals surface area contributed by atoms with Gasteiger partial charge in [0.1, 0.15) is 5.75 Å². The Hall–Kier alpha value is -2.60. The van der Waals surface area contributed by atoms with Crippen LogP contribution in [0.5, 0.6) is 17.2 Å². The summed E-state index contributed by atoms with van der Waals surface area (Å²) in [6.45, 7) is 0.268.